The fourth-order valence-electron chi connectivity index (χ4n) is 4.07. The van der Waals surface area contributed by atoms with Crippen LogP contribution in [0.3, 0.4) is 0 Å². The Labute approximate surface area is 119 Å². The van der Waals surface area contributed by atoms with Gasteiger partial charge in [-0.25, -0.2) is 0 Å². The van der Waals surface area contributed by atoms with E-state index < -0.39 is 0 Å². The summed E-state index contributed by atoms with van der Waals surface area (Å²) in [7, 11) is 0. The Balaban J connectivity index is 2.09. The maximum atomic E-state index is 4.21. The van der Waals surface area contributed by atoms with Crippen LogP contribution >= 0.6 is 0 Å². The van der Waals surface area contributed by atoms with E-state index in [0.29, 0.717) is 0 Å². The highest BCUT2D eigenvalue weighted by Gasteiger charge is 2.36. The highest BCUT2D eigenvalue weighted by atomic mass is 14.4. The van der Waals surface area contributed by atoms with Crippen LogP contribution in [-0.2, 0) is 0 Å². The van der Waals surface area contributed by atoms with Gasteiger partial charge in [-0.1, -0.05) is 49.8 Å². The Hall–Kier alpha value is -0.780. The first-order valence-corrected chi connectivity index (χ1v) is 8.14. The van der Waals surface area contributed by atoms with E-state index in [1.165, 1.54) is 44.1 Å². The third kappa shape index (κ3) is 3.41. The van der Waals surface area contributed by atoms with Gasteiger partial charge in [0.15, 0.2) is 0 Å². The fraction of sp³-hybridized carbons (Fsp3) is 0.684. The molecule has 0 radical (unpaired) electrons. The van der Waals surface area contributed by atoms with Gasteiger partial charge >= 0.3 is 0 Å². The standard InChI is InChI=1S/C19H30/c1-5-6-7-8-15(3)18-12-10-16(4)17-11-9-14(2)13-19(17)18/h5-6,13,15-18H,2,7-12H2,1,3-4H3/b6-5+/t15-,16-,17-,18+/m0/s1. The van der Waals surface area contributed by atoms with E-state index in [0.717, 1.165) is 23.7 Å². The van der Waals surface area contributed by atoms with Crippen molar-refractivity contribution in [2.24, 2.45) is 23.7 Å². The molecule has 106 valence electrons. The molecule has 0 heteroatoms. The van der Waals surface area contributed by atoms with Crippen LogP contribution in [0.1, 0.15) is 59.3 Å². The van der Waals surface area contributed by atoms with E-state index in [1.54, 1.807) is 5.57 Å². The molecule has 1 fully saturated rings. The minimum absolute atomic E-state index is 0.823. The monoisotopic (exact) mass is 258 g/mol. The number of hydrogen-bond acceptors (Lipinski definition) is 0. The first kappa shape index (κ1) is 14.6. The van der Waals surface area contributed by atoms with Gasteiger partial charge in [0.05, 0.1) is 0 Å². The van der Waals surface area contributed by atoms with Crippen LogP contribution in [0.15, 0.2) is 36.0 Å². The zero-order valence-corrected chi connectivity index (χ0v) is 13.0. The topological polar surface area (TPSA) is 0 Å². The van der Waals surface area contributed by atoms with Gasteiger partial charge < -0.3 is 0 Å². The maximum absolute atomic E-state index is 4.21. The zero-order valence-electron chi connectivity index (χ0n) is 13.0. The molecule has 2 rings (SSSR count). The van der Waals surface area contributed by atoms with E-state index >= 15 is 0 Å². The Bertz CT molecular complexity index is 371. The predicted octanol–water partition coefficient (Wildman–Crippen LogP) is 5.92. The molecule has 0 unspecified atom stereocenters. The van der Waals surface area contributed by atoms with Crippen LogP contribution in [0.5, 0.6) is 0 Å². The summed E-state index contributed by atoms with van der Waals surface area (Å²) < 4.78 is 0. The number of rotatable bonds is 4. The summed E-state index contributed by atoms with van der Waals surface area (Å²) in [5.41, 5.74) is 3.12. The van der Waals surface area contributed by atoms with Crippen LogP contribution in [0, 0.1) is 23.7 Å². The third-order valence-corrected chi connectivity index (χ3v) is 5.33. The smallest absolute Gasteiger partial charge is 0.0168 e. The first-order valence-electron chi connectivity index (χ1n) is 8.14. The summed E-state index contributed by atoms with van der Waals surface area (Å²) in [6.45, 7) is 11.2. The van der Waals surface area contributed by atoms with E-state index in [4.69, 9.17) is 0 Å². The van der Waals surface area contributed by atoms with Gasteiger partial charge in [-0.2, -0.15) is 0 Å². The molecular weight excluding hydrogens is 228 g/mol. The van der Waals surface area contributed by atoms with Gasteiger partial charge in [0, 0.05) is 0 Å². The molecule has 0 amide bonds. The molecular formula is C19H30. The average molecular weight is 258 g/mol. The van der Waals surface area contributed by atoms with Crippen molar-refractivity contribution in [3.63, 3.8) is 0 Å². The minimum atomic E-state index is 0.823. The molecule has 0 nitrogen and oxygen atoms in total. The van der Waals surface area contributed by atoms with Gasteiger partial charge in [-0.05, 0) is 69.1 Å². The number of fused-ring (bicyclic) bond motifs is 1. The summed E-state index contributed by atoms with van der Waals surface area (Å²) in [5.74, 6) is 3.39. The summed E-state index contributed by atoms with van der Waals surface area (Å²) >= 11 is 0. The van der Waals surface area contributed by atoms with Gasteiger partial charge in [-0.3, -0.25) is 0 Å². The Morgan fingerprint density at radius 2 is 2.16 bits per heavy atom. The second-order valence-electron chi connectivity index (χ2n) is 6.73. The average Bonchev–Trinajstić information content (AvgIpc) is 2.39. The van der Waals surface area contributed by atoms with Crippen LogP contribution < -0.4 is 0 Å². The van der Waals surface area contributed by atoms with E-state index in [2.05, 4.69) is 45.6 Å². The summed E-state index contributed by atoms with van der Waals surface area (Å²) in [6, 6.07) is 0. The first-order chi connectivity index (χ1) is 9.13. The van der Waals surface area contributed by atoms with Crippen molar-refractivity contribution in [2.75, 3.05) is 0 Å². The van der Waals surface area contributed by atoms with Gasteiger partial charge in [0.2, 0.25) is 0 Å². The molecule has 0 aliphatic heterocycles. The van der Waals surface area contributed by atoms with E-state index in [1.807, 2.05) is 0 Å². The molecule has 4 atom stereocenters. The Morgan fingerprint density at radius 3 is 2.89 bits per heavy atom. The van der Waals surface area contributed by atoms with E-state index in [-0.39, 0.29) is 0 Å². The second-order valence-corrected chi connectivity index (χ2v) is 6.73. The van der Waals surface area contributed by atoms with Gasteiger partial charge in [0.1, 0.15) is 0 Å². The molecule has 0 aromatic heterocycles. The molecule has 2 aliphatic rings. The molecule has 0 bridgehead atoms. The van der Waals surface area contributed by atoms with Crippen LogP contribution in [-0.4, -0.2) is 0 Å². The molecule has 0 spiro atoms. The Kier molecular flexibility index (Phi) is 5.07. The quantitative estimate of drug-likeness (QED) is 0.549. The molecule has 0 aromatic rings. The summed E-state index contributed by atoms with van der Waals surface area (Å²) in [4.78, 5) is 0. The lowest BCUT2D eigenvalue weighted by molar-refractivity contribution is 0.212. The molecule has 0 aromatic carbocycles. The van der Waals surface area contributed by atoms with Crippen molar-refractivity contribution in [3.8, 4) is 0 Å². The molecule has 2 aliphatic carbocycles. The lowest BCUT2D eigenvalue weighted by Crippen LogP contribution is -2.31. The number of allylic oxidation sites excluding steroid dienone is 5. The third-order valence-electron chi connectivity index (χ3n) is 5.33. The summed E-state index contributed by atoms with van der Waals surface area (Å²) in [6.07, 6.45) is 14.9. The van der Waals surface area contributed by atoms with Crippen molar-refractivity contribution >= 4 is 0 Å². The fourth-order valence-corrected chi connectivity index (χ4v) is 4.07. The highest BCUT2D eigenvalue weighted by molar-refractivity contribution is 5.30. The minimum Gasteiger partial charge on any atom is -0.0958 e. The van der Waals surface area contributed by atoms with Crippen molar-refractivity contribution in [3.05, 3.63) is 36.0 Å². The van der Waals surface area contributed by atoms with Crippen molar-refractivity contribution in [1.82, 2.24) is 0 Å². The van der Waals surface area contributed by atoms with Crippen LogP contribution in [0.25, 0.3) is 0 Å². The van der Waals surface area contributed by atoms with Crippen molar-refractivity contribution in [1.29, 1.82) is 0 Å². The molecule has 0 N–H and O–H groups in total. The van der Waals surface area contributed by atoms with Crippen molar-refractivity contribution < 1.29 is 0 Å². The number of hydrogen-bond donors (Lipinski definition) is 0. The molecule has 1 saturated carbocycles. The zero-order chi connectivity index (χ0) is 13.8. The van der Waals surface area contributed by atoms with Crippen molar-refractivity contribution in [2.45, 2.75) is 59.3 Å². The lowest BCUT2D eigenvalue weighted by atomic mass is 9.63. The van der Waals surface area contributed by atoms with Crippen LogP contribution in [0.4, 0.5) is 0 Å². The predicted molar refractivity (Wildman–Crippen MR) is 85.0 cm³/mol. The Morgan fingerprint density at radius 1 is 1.37 bits per heavy atom. The second kappa shape index (κ2) is 6.59. The van der Waals surface area contributed by atoms with Gasteiger partial charge in [0.25, 0.3) is 0 Å². The highest BCUT2D eigenvalue weighted by Crippen LogP contribution is 2.47. The van der Waals surface area contributed by atoms with E-state index in [9.17, 15) is 0 Å². The molecule has 0 saturated heterocycles. The molecule has 19 heavy (non-hydrogen) atoms. The largest absolute Gasteiger partial charge is 0.0958 e. The summed E-state index contributed by atoms with van der Waals surface area (Å²) in [5, 5.41) is 0. The SMILES string of the molecule is C=C1C=C2[C@@H](CC1)[C@@H](C)CC[C@@H]2[C@@H](C)CC/C=C/C. The molecule has 0 heterocycles. The van der Waals surface area contributed by atoms with Gasteiger partial charge in [-0.15, -0.1) is 0 Å². The maximum Gasteiger partial charge on any atom is -0.0168 e. The normalized spacial score (nSPS) is 33.1. The lowest BCUT2D eigenvalue weighted by Gasteiger charge is -2.42. The van der Waals surface area contributed by atoms with Crippen LogP contribution in [0.2, 0.25) is 0 Å².